The van der Waals surface area contributed by atoms with Crippen molar-refractivity contribution in [1.82, 2.24) is 15.5 Å². The average molecular weight is 780 g/mol. The molecule has 8 rings (SSSR count). The molecule has 0 aliphatic heterocycles. The molecule has 1 heterocycles. The van der Waals surface area contributed by atoms with Crippen molar-refractivity contribution >= 4 is 23.4 Å². The summed E-state index contributed by atoms with van der Waals surface area (Å²) in [6, 6.07) is 7.84. The Morgan fingerprint density at radius 1 is 0.912 bits per heavy atom. The third kappa shape index (κ3) is 6.47. The normalized spacial score (nSPS) is 38.1. The van der Waals surface area contributed by atoms with Gasteiger partial charge in [0.05, 0.1) is 5.92 Å². The van der Waals surface area contributed by atoms with E-state index in [4.69, 9.17) is 4.42 Å². The molecule has 1 aromatic carbocycles. The van der Waals surface area contributed by atoms with Crippen LogP contribution in [0.15, 0.2) is 39.8 Å². The molecule has 6 aliphatic rings. The molecule has 308 valence electrons. The fourth-order valence-electron chi connectivity index (χ4n) is 14.8. The summed E-state index contributed by atoms with van der Waals surface area (Å²) < 4.78 is 5.57. The van der Waals surface area contributed by atoms with E-state index in [0.717, 1.165) is 61.6 Å². The number of rotatable bonds is 10. The summed E-state index contributed by atoms with van der Waals surface area (Å²) in [7, 11) is 0. The fourth-order valence-corrected chi connectivity index (χ4v) is 14.8. The standard InChI is InChI=1S/C48H65N3O6/c1-26(2)41-37(53)23-48(24-40(54)49-25-29-9-11-30(12-10-29)43-51-50-28(4)57-43)20-16-35-32(42(41)48)13-14-39-46(35,7)19-17-38-45(5,6)31(15-18-47(38,39)8)21-36(52)33-22-34(27(33)3)44(55)56/h9-12,26-27,31-35,38-39H,13-25H2,1-8H3,(H,49,54)(H,55,56). The summed E-state index contributed by atoms with van der Waals surface area (Å²) in [5.41, 5.74) is 4.15. The van der Waals surface area contributed by atoms with E-state index in [1.807, 2.05) is 31.2 Å². The number of nitrogens with zero attached hydrogens (tertiary/aromatic N) is 2. The molecule has 0 bridgehead atoms. The molecule has 11 atom stereocenters. The van der Waals surface area contributed by atoms with Crippen LogP contribution in [0.5, 0.6) is 0 Å². The van der Waals surface area contributed by atoms with E-state index in [1.54, 1.807) is 6.92 Å². The van der Waals surface area contributed by atoms with Crippen molar-refractivity contribution in [3.8, 4) is 11.5 Å². The average Bonchev–Trinajstić information content (AvgIpc) is 3.71. The fraction of sp³-hybridized carbons (Fsp3) is 0.708. The predicted molar refractivity (Wildman–Crippen MR) is 217 cm³/mol. The number of aromatic nitrogens is 2. The van der Waals surface area contributed by atoms with Crippen molar-refractivity contribution in [2.24, 2.45) is 74.9 Å². The van der Waals surface area contributed by atoms with Crippen LogP contribution in [-0.2, 0) is 25.7 Å². The zero-order chi connectivity index (χ0) is 40.8. The maximum absolute atomic E-state index is 14.0. The number of aryl methyl sites for hydroxylation is 1. The van der Waals surface area contributed by atoms with Gasteiger partial charge in [0.2, 0.25) is 17.7 Å². The summed E-state index contributed by atoms with van der Waals surface area (Å²) in [5, 5.41) is 20.8. The van der Waals surface area contributed by atoms with E-state index in [1.165, 1.54) is 12.0 Å². The Morgan fingerprint density at radius 3 is 2.28 bits per heavy atom. The Kier molecular flexibility index (Phi) is 10.1. The number of carboxylic acid groups (broad SMARTS) is 1. The van der Waals surface area contributed by atoms with Gasteiger partial charge >= 0.3 is 5.97 Å². The smallest absolute Gasteiger partial charge is 0.306 e. The van der Waals surface area contributed by atoms with Crippen LogP contribution in [0.3, 0.4) is 0 Å². The van der Waals surface area contributed by atoms with Gasteiger partial charge < -0.3 is 14.8 Å². The second-order valence-electron chi connectivity index (χ2n) is 21.0. The quantitative estimate of drug-likeness (QED) is 0.243. The van der Waals surface area contributed by atoms with Gasteiger partial charge in [0.25, 0.3) is 0 Å². The lowest BCUT2D eigenvalue weighted by Gasteiger charge is -2.69. The lowest BCUT2D eigenvalue weighted by atomic mass is 9.35. The van der Waals surface area contributed by atoms with Crippen LogP contribution in [0.1, 0.15) is 137 Å². The molecule has 9 nitrogen and oxygen atoms in total. The van der Waals surface area contributed by atoms with Gasteiger partial charge in [-0.05, 0) is 139 Å². The molecule has 9 heteroatoms. The van der Waals surface area contributed by atoms with E-state index >= 15 is 0 Å². The zero-order valence-corrected chi connectivity index (χ0v) is 35.6. The third-order valence-corrected chi connectivity index (χ3v) is 17.7. The highest BCUT2D eigenvalue weighted by molar-refractivity contribution is 6.01. The minimum Gasteiger partial charge on any atom is -0.481 e. The minimum absolute atomic E-state index is 0.0132. The molecule has 6 aliphatic carbocycles. The van der Waals surface area contributed by atoms with Gasteiger partial charge in [-0.3, -0.25) is 19.2 Å². The molecule has 57 heavy (non-hydrogen) atoms. The lowest BCUT2D eigenvalue weighted by Crippen LogP contribution is -2.62. The number of carbonyl (C=O) groups is 4. The van der Waals surface area contributed by atoms with E-state index in [0.29, 0.717) is 73.6 Å². The molecule has 0 radical (unpaired) electrons. The number of fused-ring (bicyclic) bond motifs is 7. The molecule has 2 N–H and O–H groups in total. The first-order chi connectivity index (χ1) is 26.9. The largest absolute Gasteiger partial charge is 0.481 e. The number of amides is 1. The van der Waals surface area contributed by atoms with E-state index in [2.05, 4.69) is 57.1 Å². The zero-order valence-electron chi connectivity index (χ0n) is 35.6. The summed E-state index contributed by atoms with van der Waals surface area (Å²) in [6.45, 7) is 18.5. The number of hydrogen-bond donors (Lipinski definition) is 2. The molecule has 11 unspecified atom stereocenters. The number of ketones is 2. The van der Waals surface area contributed by atoms with Crippen LogP contribution in [0.4, 0.5) is 0 Å². The van der Waals surface area contributed by atoms with Crippen molar-refractivity contribution in [1.29, 1.82) is 0 Å². The molecule has 1 amide bonds. The Hall–Kier alpha value is -3.62. The third-order valence-electron chi connectivity index (χ3n) is 17.7. The van der Waals surface area contributed by atoms with Gasteiger partial charge in [-0.2, -0.15) is 0 Å². The number of hydrogen-bond acceptors (Lipinski definition) is 7. The van der Waals surface area contributed by atoms with Gasteiger partial charge in [-0.25, -0.2) is 0 Å². The van der Waals surface area contributed by atoms with Crippen molar-refractivity contribution in [2.75, 3.05) is 0 Å². The minimum atomic E-state index is -0.766. The second-order valence-corrected chi connectivity index (χ2v) is 21.0. The van der Waals surface area contributed by atoms with Gasteiger partial charge in [0, 0.05) is 49.6 Å². The molecule has 0 saturated heterocycles. The van der Waals surface area contributed by atoms with Gasteiger partial charge in [-0.1, -0.05) is 66.2 Å². The van der Waals surface area contributed by atoms with E-state index in [9.17, 15) is 24.3 Å². The number of nitrogens with one attached hydrogen (secondary N) is 1. The number of carbonyl (C=O) groups excluding carboxylic acids is 3. The topological polar surface area (TPSA) is 139 Å². The SMILES string of the molecule is Cc1nnc(-c2ccc(CNC(=O)CC34CCC5C(CCC6C5(C)CCC5C(C)(C)C(CC(=O)C7CC(C(=O)O)C7C)CCC56C)C3=C(C(C)C)C(=O)C4)cc2)o1. The maximum atomic E-state index is 14.0. The van der Waals surface area contributed by atoms with E-state index in [-0.39, 0.29) is 57.4 Å². The Balaban J connectivity index is 0.976. The predicted octanol–water partition coefficient (Wildman–Crippen LogP) is 9.57. The summed E-state index contributed by atoms with van der Waals surface area (Å²) >= 11 is 0. The highest BCUT2D eigenvalue weighted by Gasteiger charge is 2.66. The highest BCUT2D eigenvalue weighted by Crippen LogP contribution is 2.74. The Bertz CT molecular complexity index is 1980. The molecular formula is C48H65N3O6. The molecular weight excluding hydrogens is 715 g/mol. The molecule has 2 aromatic rings. The van der Waals surface area contributed by atoms with Crippen LogP contribution in [0.2, 0.25) is 0 Å². The molecule has 0 spiro atoms. The lowest BCUT2D eigenvalue weighted by molar-refractivity contribution is -0.193. The number of carboxylic acids is 1. The Morgan fingerprint density at radius 2 is 1.63 bits per heavy atom. The summed E-state index contributed by atoms with van der Waals surface area (Å²) in [6.07, 6.45) is 10.6. The maximum Gasteiger partial charge on any atom is 0.306 e. The molecule has 5 fully saturated rings. The monoisotopic (exact) mass is 779 g/mol. The number of allylic oxidation sites excluding steroid dienone is 2. The Labute approximate surface area is 339 Å². The summed E-state index contributed by atoms with van der Waals surface area (Å²) in [5.74, 6) is 2.62. The van der Waals surface area contributed by atoms with Gasteiger partial charge in [0.15, 0.2) is 5.78 Å². The van der Waals surface area contributed by atoms with Crippen molar-refractivity contribution in [3.63, 3.8) is 0 Å². The second kappa shape index (κ2) is 14.3. The van der Waals surface area contributed by atoms with Crippen molar-refractivity contribution in [3.05, 3.63) is 46.9 Å². The molecule has 1 aromatic heterocycles. The first-order valence-electron chi connectivity index (χ1n) is 22.1. The number of aliphatic carboxylic acids is 1. The van der Waals surface area contributed by atoms with Crippen LogP contribution in [0.25, 0.3) is 11.5 Å². The first-order valence-corrected chi connectivity index (χ1v) is 22.1. The van der Waals surface area contributed by atoms with Gasteiger partial charge in [0.1, 0.15) is 5.78 Å². The van der Waals surface area contributed by atoms with Crippen molar-refractivity contribution < 1.29 is 28.7 Å². The first kappa shape index (κ1) is 40.2. The van der Waals surface area contributed by atoms with Crippen LogP contribution >= 0.6 is 0 Å². The summed E-state index contributed by atoms with van der Waals surface area (Å²) in [4.78, 5) is 53.2. The van der Waals surface area contributed by atoms with Crippen LogP contribution < -0.4 is 5.32 Å². The van der Waals surface area contributed by atoms with Crippen LogP contribution in [-0.4, -0.2) is 38.7 Å². The van der Waals surface area contributed by atoms with Crippen LogP contribution in [0, 0.1) is 81.8 Å². The number of Topliss-reactive ketones (excluding diaryl/α,β-unsaturated/α-hetero) is 2. The van der Waals surface area contributed by atoms with Crippen molar-refractivity contribution in [2.45, 2.75) is 139 Å². The highest BCUT2D eigenvalue weighted by atomic mass is 16.4. The molecule has 5 saturated carbocycles. The number of benzene rings is 1. The van der Waals surface area contributed by atoms with E-state index < -0.39 is 11.4 Å². The van der Waals surface area contributed by atoms with Gasteiger partial charge in [-0.15, -0.1) is 10.2 Å².